The molecule has 1 aromatic carbocycles. The van der Waals surface area contributed by atoms with E-state index in [1.165, 1.54) is 0 Å². The third kappa shape index (κ3) is 4.25. The lowest BCUT2D eigenvalue weighted by atomic mass is 10.2. The first-order valence-electron chi connectivity index (χ1n) is 6.61. The number of anilines is 2. The van der Waals surface area contributed by atoms with Gasteiger partial charge in [0.15, 0.2) is 11.5 Å². The summed E-state index contributed by atoms with van der Waals surface area (Å²) in [6, 6.07) is 7.42. The van der Waals surface area contributed by atoms with E-state index in [0.29, 0.717) is 29.8 Å². The van der Waals surface area contributed by atoms with Gasteiger partial charge in [0.2, 0.25) is 0 Å². The summed E-state index contributed by atoms with van der Waals surface area (Å²) in [5.74, 6) is 2.00. The summed E-state index contributed by atoms with van der Waals surface area (Å²) in [7, 11) is 0. The molecule has 21 heavy (non-hydrogen) atoms. The number of rotatable bonds is 6. The van der Waals surface area contributed by atoms with Crippen LogP contribution in [-0.2, 0) is 0 Å². The fourth-order valence-electron chi connectivity index (χ4n) is 1.77. The second-order valence-corrected chi connectivity index (χ2v) is 5.46. The molecule has 0 fully saturated rings. The molecule has 0 radical (unpaired) electrons. The molecule has 6 heteroatoms. The number of hydrogen-bond acceptors (Lipinski definition) is 4. The summed E-state index contributed by atoms with van der Waals surface area (Å²) in [5, 5.41) is 3.71. The predicted molar refractivity (Wildman–Crippen MR) is 89.0 cm³/mol. The van der Waals surface area contributed by atoms with E-state index in [2.05, 4.69) is 26.2 Å². The van der Waals surface area contributed by atoms with Crippen LogP contribution in [0, 0.1) is 0 Å². The summed E-state index contributed by atoms with van der Waals surface area (Å²) in [6.07, 6.45) is 1.69. The fraction of sp³-hybridized carbons (Fsp3) is 0.267. The lowest BCUT2D eigenvalue weighted by molar-refractivity contribution is 0.288. The van der Waals surface area contributed by atoms with Crippen LogP contribution in [0.15, 0.2) is 34.9 Å². The van der Waals surface area contributed by atoms with Gasteiger partial charge < -0.3 is 14.8 Å². The van der Waals surface area contributed by atoms with Crippen molar-refractivity contribution in [1.82, 2.24) is 4.98 Å². The molecular weight excluding hydrogens is 356 g/mol. The zero-order chi connectivity index (χ0) is 15.2. The largest absolute Gasteiger partial charge is 0.490 e. The normalized spacial score (nSPS) is 10.3. The molecule has 0 amide bonds. The number of nitrogens with zero attached hydrogens (tertiary/aromatic N) is 1. The third-order valence-corrected chi connectivity index (χ3v) is 3.34. The molecular formula is C15H16BrClN2O2. The van der Waals surface area contributed by atoms with Crippen LogP contribution < -0.4 is 14.8 Å². The molecule has 4 nitrogen and oxygen atoms in total. The van der Waals surface area contributed by atoms with E-state index < -0.39 is 0 Å². The molecule has 1 aromatic heterocycles. The molecule has 0 saturated carbocycles. The molecule has 0 aliphatic rings. The molecule has 1 N–H and O–H groups in total. The number of aromatic nitrogens is 1. The minimum Gasteiger partial charge on any atom is -0.490 e. The Hall–Kier alpha value is -1.46. The topological polar surface area (TPSA) is 43.4 Å². The highest BCUT2D eigenvalue weighted by molar-refractivity contribution is 9.10. The van der Waals surface area contributed by atoms with Crippen LogP contribution in [0.5, 0.6) is 11.5 Å². The van der Waals surface area contributed by atoms with Gasteiger partial charge in [-0.15, -0.1) is 0 Å². The monoisotopic (exact) mass is 370 g/mol. The van der Waals surface area contributed by atoms with Crippen molar-refractivity contribution in [2.24, 2.45) is 0 Å². The van der Waals surface area contributed by atoms with Crippen LogP contribution in [0.3, 0.4) is 0 Å². The van der Waals surface area contributed by atoms with Gasteiger partial charge in [-0.3, -0.25) is 0 Å². The highest BCUT2D eigenvalue weighted by atomic mass is 79.9. The summed E-state index contributed by atoms with van der Waals surface area (Å²) in [5.41, 5.74) is 0.832. The van der Waals surface area contributed by atoms with E-state index >= 15 is 0 Å². The maximum atomic E-state index is 6.15. The lowest BCUT2D eigenvalue weighted by Crippen LogP contribution is -2.00. The Morgan fingerprint density at radius 2 is 1.86 bits per heavy atom. The fourth-order valence-corrected chi connectivity index (χ4v) is 2.45. The number of pyridine rings is 1. The van der Waals surface area contributed by atoms with Crippen LogP contribution in [0.25, 0.3) is 0 Å². The molecule has 112 valence electrons. The zero-order valence-electron chi connectivity index (χ0n) is 11.8. The van der Waals surface area contributed by atoms with E-state index in [-0.39, 0.29) is 0 Å². The molecule has 1 heterocycles. The average molecular weight is 372 g/mol. The lowest BCUT2D eigenvalue weighted by Gasteiger charge is -2.13. The second-order valence-electron chi connectivity index (χ2n) is 4.14. The van der Waals surface area contributed by atoms with Crippen LogP contribution in [-0.4, -0.2) is 18.2 Å². The summed E-state index contributed by atoms with van der Waals surface area (Å²) < 4.78 is 12.0. The zero-order valence-corrected chi connectivity index (χ0v) is 14.2. The van der Waals surface area contributed by atoms with Gasteiger partial charge in [0.25, 0.3) is 0 Å². The highest BCUT2D eigenvalue weighted by Gasteiger charge is 2.08. The van der Waals surface area contributed by atoms with E-state index in [0.717, 1.165) is 15.9 Å². The van der Waals surface area contributed by atoms with Crippen molar-refractivity contribution in [3.8, 4) is 11.5 Å². The smallest absolute Gasteiger partial charge is 0.163 e. The number of benzene rings is 1. The number of ether oxygens (including phenoxy) is 2. The number of nitrogens with one attached hydrogen (secondary N) is 1. The molecule has 0 bridgehead atoms. The van der Waals surface area contributed by atoms with Gasteiger partial charge in [-0.1, -0.05) is 11.6 Å². The van der Waals surface area contributed by atoms with Gasteiger partial charge in [0.1, 0.15) is 5.82 Å². The molecule has 2 rings (SSSR count). The van der Waals surface area contributed by atoms with Crippen LogP contribution in [0.1, 0.15) is 13.8 Å². The van der Waals surface area contributed by atoms with Crippen LogP contribution >= 0.6 is 27.5 Å². The highest BCUT2D eigenvalue weighted by Crippen LogP contribution is 2.33. The van der Waals surface area contributed by atoms with Crippen molar-refractivity contribution in [3.05, 3.63) is 40.0 Å². The maximum Gasteiger partial charge on any atom is 0.163 e. The quantitative estimate of drug-likeness (QED) is 0.772. The third-order valence-electron chi connectivity index (χ3n) is 2.61. The summed E-state index contributed by atoms with van der Waals surface area (Å²) in [6.45, 7) is 5.03. The molecule has 0 spiro atoms. The van der Waals surface area contributed by atoms with E-state index in [9.17, 15) is 0 Å². The summed E-state index contributed by atoms with van der Waals surface area (Å²) >= 11 is 9.48. The molecule has 0 atom stereocenters. The van der Waals surface area contributed by atoms with Gasteiger partial charge in [0, 0.05) is 22.4 Å². The van der Waals surface area contributed by atoms with Gasteiger partial charge in [-0.25, -0.2) is 4.98 Å². The Labute approximate surface area is 137 Å². The van der Waals surface area contributed by atoms with Gasteiger partial charge in [-0.2, -0.15) is 0 Å². The minimum atomic E-state index is 0.538. The Balaban J connectivity index is 2.25. The Bertz CT molecular complexity index is 623. The van der Waals surface area contributed by atoms with Gasteiger partial charge >= 0.3 is 0 Å². The standard InChI is InChI=1S/C15H16BrClN2O2/c1-3-20-13-6-5-11(8-14(13)21-4-2)19-15-12(17)7-10(16)9-18-15/h5-9H,3-4H2,1-2H3,(H,18,19). The van der Waals surface area contributed by atoms with Crippen molar-refractivity contribution in [3.63, 3.8) is 0 Å². The first-order valence-corrected chi connectivity index (χ1v) is 7.78. The molecule has 0 unspecified atom stereocenters. The average Bonchev–Trinajstić information content (AvgIpc) is 2.45. The van der Waals surface area contributed by atoms with Crippen LogP contribution in [0.2, 0.25) is 5.02 Å². The van der Waals surface area contributed by atoms with Crippen molar-refractivity contribution < 1.29 is 9.47 Å². The van der Waals surface area contributed by atoms with Crippen molar-refractivity contribution >= 4 is 39.0 Å². The number of hydrogen-bond donors (Lipinski definition) is 1. The van der Waals surface area contributed by atoms with E-state index in [1.54, 1.807) is 12.3 Å². The minimum absolute atomic E-state index is 0.538. The Morgan fingerprint density at radius 3 is 2.52 bits per heavy atom. The maximum absolute atomic E-state index is 6.15. The molecule has 0 saturated heterocycles. The van der Waals surface area contributed by atoms with E-state index in [1.807, 2.05) is 32.0 Å². The second kappa shape index (κ2) is 7.52. The summed E-state index contributed by atoms with van der Waals surface area (Å²) in [4.78, 5) is 4.25. The van der Waals surface area contributed by atoms with Crippen molar-refractivity contribution in [1.29, 1.82) is 0 Å². The Morgan fingerprint density at radius 1 is 1.14 bits per heavy atom. The first-order chi connectivity index (χ1) is 10.1. The molecule has 2 aromatic rings. The van der Waals surface area contributed by atoms with Crippen molar-refractivity contribution in [2.45, 2.75) is 13.8 Å². The Kier molecular flexibility index (Phi) is 5.70. The van der Waals surface area contributed by atoms with Gasteiger partial charge in [-0.05, 0) is 48.0 Å². The SMILES string of the molecule is CCOc1ccc(Nc2ncc(Br)cc2Cl)cc1OCC. The van der Waals surface area contributed by atoms with Crippen LogP contribution in [0.4, 0.5) is 11.5 Å². The number of halogens is 2. The molecule has 0 aliphatic carbocycles. The van der Waals surface area contributed by atoms with Crippen molar-refractivity contribution in [2.75, 3.05) is 18.5 Å². The van der Waals surface area contributed by atoms with Gasteiger partial charge in [0.05, 0.1) is 18.2 Å². The molecule has 0 aliphatic heterocycles. The van der Waals surface area contributed by atoms with E-state index in [4.69, 9.17) is 21.1 Å². The predicted octanol–water partition coefficient (Wildman–Crippen LogP) is 5.04. The first kappa shape index (κ1) is 15.9.